The minimum absolute atomic E-state index is 0.0642. The van der Waals surface area contributed by atoms with Gasteiger partial charge in [0.25, 0.3) is 5.91 Å². The van der Waals surface area contributed by atoms with Crippen molar-refractivity contribution in [3.63, 3.8) is 0 Å². The minimum Gasteiger partial charge on any atom is -0.484 e. The zero-order valence-electron chi connectivity index (χ0n) is 16.7. The summed E-state index contributed by atoms with van der Waals surface area (Å²) in [5.41, 5.74) is 1.82. The summed E-state index contributed by atoms with van der Waals surface area (Å²) < 4.78 is 22.1. The van der Waals surface area contributed by atoms with Gasteiger partial charge in [0.15, 0.2) is 18.1 Å². The molecule has 2 heterocycles. The minimum atomic E-state index is -0.214. The van der Waals surface area contributed by atoms with Gasteiger partial charge in [-0.25, -0.2) is 0 Å². The average molecular weight is 408 g/mol. The van der Waals surface area contributed by atoms with Crippen LogP contribution < -0.4 is 19.5 Å². The summed E-state index contributed by atoms with van der Waals surface area (Å²) >= 11 is 0. The maximum absolute atomic E-state index is 12.4. The van der Waals surface area contributed by atoms with Crippen molar-refractivity contribution in [2.45, 2.75) is 24.7 Å². The van der Waals surface area contributed by atoms with Gasteiger partial charge in [0.1, 0.15) is 5.75 Å². The van der Waals surface area contributed by atoms with Gasteiger partial charge in [-0.2, -0.15) is 5.26 Å². The Balaban J connectivity index is 1.37. The Bertz CT molecular complexity index is 930. The zero-order valence-corrected chi connectivity index (χ0v) is 16.7. The van der Waals surface area contributed by atoms with Crippen LogP contribution in [0.15, 0.2) is 42.5 Å². The fraction of sp³-hybridized carbons (Fsp3) is 0.391. The number of nitrogens with zero attached hydrogens (tertiary/aromatic N) is 1. The molecular weight excluding hydrogens is 384 g/mol. The summed E-state index contributed by atoms with van der Waals surface area (Å²) in [6.45, 7) is 1.97. The Morgan fingerprint density at radius 1 is 1.10 bits per heavy atom. The van der Waals surface area contributed by atoms with E-state index in [2.05, 4.69) is 11.4 Å². The molecule has 0 aromatic heterocycles. The van der Waals surface area contributed by atoms with E-state index in [9.17, 15) is 4.79 Å². The first-order valence-electron chi connectivity index (χ1n) is 10.0. The third-order valence-corrected chi connectivity index (χ3v) is 5.64. The molecule has 1 amide bonds. The third kappa shape index (κ3) is 4.50. The number of carbonyl (C=O) groups is 1. The molecule has 0 unspecified atom stereocenters. The van der Waals surface area contributed by atoms with Gasteiger partial charge in [0, 0.05) is 25.2 Å². The van der Waals surface area contributed by atoms with Crippen LogP contribution >= 0.6 is 0 Å². The summed E-state index contributed by atoms with van der Waals surface area (Å²) in [6, 6.07) is 15.3. The van der Waals surface area contributed by atoms with Gasteiger partial charge in [-0.3, -0.25) is 4.79 Å². The molecule has 1 saturated heterocycles. The van der Waals surface area contributed by atoms with Crippen LogP contribution in [0.1, 0.15) is 24.0 Å². The lowest BCUT2D eigenvalue weighted by Crippen LogP contribution is -2.45. The highest BCUT2D eigenvalue weighted by atomic mass is 16.7. The van der Waals surface area contributed by atoms with E-state index in [0.29, 0.717) is 31.9 Å². The predicted molar refractivity (Wildman–Crippen MR) is 109 cm³/mol. The fourth-order valence-corrected chi connectivity index (χ4v) is 3.82. The number of amides is 1. The molecule has 2 aromatic carbocycles. The average Bonchev–Trinajstić information content (AvgIpc) is 3.26. The van der Waals surface area contributed by atoms with Gasteiger partial charge in [0.2, 0.25) is 6.79 Å². The van der Waals surface area contributed by atoms with Crippen molar-refractivity contribution < 1.29 is 23.7 Å². The lowest BCUT2D eigenvalue weighted by Gasteiger charge is -2.38. The van der Waals surface area contributed by atoms with Crippen molar-refractivity contribution in [3.8, 4) is 23.3 Å². The summed E-state index contributed by atoms with van der Waals surface area (Å²) in [5.74, 6) is 1.91. The first-order chi connectivity index (χ1) is 14.7. The smallest absolute Gasteiger partial charge is 0.257 e. The molecule has 0 bridgehead atoms. The molecule has 4 rings (SSSR count). The van der Waals surface area contributed by atoms with Crippen LogP contribution in [0.5, 0.6) is 17.2 Å². The van der Waals surface area contributed by atoms with E-state index in [-0.39, 0.29) is 24.7 Å². The second kappa shape index (κ2) is 9.06. The van der Waals surface area contributed by atoms with Gasteiger partial charge in [-0.15, -0.1) is 0 Å². The molecule has 0 spiro atoms. The molecule has 2 aliphatic rings. The van der Waals surface area contributed by atoms with Crippen LogP contribution in [-0.4, -0.2) is 39.1 Å². The monoisotopic (exact) mass is 408 g/mol. The Hall–Kier alpha value is -3.24. The second-order valence-electron chi connectivity index (χ2n) is 7.50. The molecule has 0 radical (unpaired) electrons. The van der Waals surface area contributed by atoms with Crippen molar-refractivity contribution in [1.82, 2.24) is 5.32 Å². The molecule has 7 heteroatoms. The maximum Gasteiger partial charge on any atom is 0.257 e. The number of nitrogens with one attached hydrogen (secondary N) is 1. The number of fused-ring (bicyclic) bond motifs is 1. The number of benzene rings is 2. The van der Waals surface area contributed by atoms with E-state index in [1.807, 2.05) is 30.3 Å². The first-order valence-corrected chi connectivity index (χ1v) is 10.0. The Labute approximate surface area is 175 Å². The molecule has 0 atom stereocenters. The van der Waals surface area contributed by atoms with Crippen molar-refractivity contribution in [3.05, 3.63) is 53.6 Å². The molecule has 0 aliphatic carbocycles. The second-order valence-corrected chi connectivity index (χ2v) is 7.50. The van der Waals surface area contributed by atoms with Crippen molar-refractivity contribution in [1.29, 1.82) is 5.26 Å². The molecule has 7 nitrogen and oxygen atoms in total. The fourth-order valence-electron chi connectivity index (χ4n) is 3.82. The van der Waals surface area contributed by atoms with Crippen LogP contribution in [0.4, 0.5) is 0 Å². The lowest BCUT2D eigenvalue weighted by atomic mass is 9.74. The first kappa shape index (κ1) is 20.0. The summed E-state index contributed by atoms with van der Waals surface area (Å²) in [6.07, 6.45) is 1.98. The quantitative estimate of drug-likeness (QED) is 0.758. The lowest BCUT2D eigenvalue weighted by molar-refractivity contribution is -0.123. The SMILES string of the molecule is N#CCc1ccc(OCC(=O)NCC2(c3ccc4c(c3)OCO4)CCOCC2)cc1. The summed E-state index contributed by atoms with van der Waals surface area (Å²) in [7, 11) is 0. The summed E-state index contributed by atoms with van der Waals surface area (Å²) in [4.78, 5) is 12.4. The summed E-state index contributed by atoms with van der Waals surface area (Å²) in [5, 5.41) is 11.8. The molecular formula is C23H24N2O5. The topological polar surface area (TPSA) is 89.8 Å². The van der Waals surface area contributed by atoms with Crippen LogP contribution in [0, 0.1) is 11.3 Å². The molecule has 1 fully saturated rings. The Kier molecular flexibility index (Phi) is 6.05. The molecule has 156 valence electrons. The van der Waals surface area contributed by atoms with E-state index in [4.69, 9.17) is 24.2 Å². The van der Waals surface area contributed by atoms with Gasteiger partial charge in [0.05, 0.1) is 12.5 Å². The number of ether oxygens (including phenoxy) is 4. The Morgan fingerprint density at radius 2 is 1.87 bits per heavy atom. The number of carbonyl (C=O) groups excluding carboxylic acids is 1. The van der Waals surface area contributed by atoms with Crippen molar-refractivity contribution >= 4 is 5.91 Å². The molecule has 1 N–H and O–H groups in total. The third-order valence-electron chi connectivity index (χ3n) is 5.64. The van der Waals surface area contributed by atoms with Crippen molar-refractivity contribution in [2.24, 2.45) is 0 Å². The van der Waals surface area contributed by atoms with E-state index in [1.54, 1.807) is 12.1 Å². The molecule has 2 aromatic rings. The normalized spacial score (nSPS) is 16.5. The number of hydrogen-bond acceptors (Lipinski definition) is 6. The van der Waals surface area contributed by atoms with Crippen molar-refractivity contribution in [2.75, 3.05) is 33.2 Å². The maximum atomic E-state index is 12.4. The number of hydrogen-bond donors (Lipinski definition) is 1. The number of rotatable bonds is 7. The van der Waals surface area contributed by atoms with Gasteiger partial charge in [-0.1, -0.05) is 18.2 Å². The van der Waals surface area contributed by atoms with E-state index in [0.717, 1.165) is 35.5 Å². The van der Waals surface area contributed by atoms with E-state index in [1.165, 1.54) is 0 Å². The zero-order chi connectivity index (χ0) is 20.8. The van der Waals surface area contributed by atoms with Crippen LogP contribution in [0.2, 0.25) is 0 Å². The van der Waals surface area contributed by atoms with Crippen LogP contribution in [0.25, 0.3) is 0 Å². The molecule has 2 aliphatic heterocycles. The van der Waals surface area contributed by atoms with Gasteiger partial charge in [-0.05, 0) is 48.2 Å². The van der Waals surface area contributed by atoms with Crippen LogP contribution in [0.3, 0.4) is 0 Å². The van der Waals surface area contributed by atoms with E-state index < -0.39 is 0 Å². The highest BCUT2D eigenvalue weighted by Crippen LogP contribution is 2.40. The highest BCUT2D eigenvalue weighted by molar-refractivity contribution is 5.77. The largest absolute Gasteiger partial charge is 0.484 e. The van der Waals surface area contributed by atoms with Gasteiger partial charge < -0.3 is 24.3 Å². The van der Waals surface area contributed by atoms with Crippen LogP contribution in [-0.2, 0) is 21.4 Å². The highest BCUT2D eigenvalue weighted by Gasteiger charge is 2.36. The predicted octanol–water partition coefficient (Wildman–Crippen LogP) is 2.72. The standard InChI is InChI=1S/C23H24N2O5/c24-10-7-17-1-4-19(5-2-17)28-14-22(26)25-15-23(8-11-27-12-9-23)18-3-6-20-21(13-18)30-16-29-20/h1-6,13H,7-9,11-12,14-16H2,(H,25,26). The molecule has 0 saturated carbocycles. The Morgan fingerprint density at radius 3 is 2.63 bits per heavy atom. The van der Waals surface area contributed by atoms with E-state index >= 15 is 0 Å². The molecule has 30 heavy (non-hydrogen) atoms. The number of nitriles is 1. The van der Waals surface area contributed by atoms with Gasteiger partial charge >= 0.3 is 0 Å².